The zero-order valence-corrected chi connectivity index (χ0v) is 12.0. The van der Waals surface area contributed by atoms with E-state index < -0.39 is 0 Å². The highest BCUT2D eigenvalue weighted by Crippen LogP contribution is 2.24. The van der Waals surface area contributed by atoms with Gasteiger partial charge in [0.25, 0.3) is 0 Å². The first-order chi connectivity index (χ1) is 9.81. The summed E-state index contributed by atoms with van der Waals surface area (Å²) in [6.07, 6.45) is 11.2. The molecule has 1 amide bonds. The molecular formula is C15H24N4O. The summed E-state index contributed by atoms with van der Waals surface area (Å²) in [6.45, 7) is 4.30. The fourth-order valence-electron chi connectivity index (χ4n) is 3.47. The predicted molar refractivity (Wildman–Crippen MR) is 77.2 cm³/mol. The highest BCUT2D eigenvalue weighted by molar-refractivity contribution is 5.76. The van der Waals surface area contributed by atoms with Crippen LogP contribution >= 0.6 is 0 Å². The number of nitrogens with zero attached hydrogens (tertiary/aromatic N) is 3. The Hall–Kier alpha value is -1.36. The van der Waals surface area contributed by atoms with Crippen LogP contribution in [-0.4, -0.2) is 46.0 Å². The first-order valence-corrected chi connectivity index (χ1v) is 7.78. The monoisotopic (exact) mass is 276 g/mol. The van der Waals surface area contributed by atoms with Gasteiger partial charge in [-0.05, 0) is 44.7 Å². The highest BCUT2D eigenvalue weighted by Gasteiger charge is 2.26. The maximum Gasteiger partial charge on any atom is 0.220 e. The van der Waals surface area contributed by atoms with Gasteiger partial charge in [-0.2, -0.15) is 0 Å². The Balaban J connectivity index is 1.47. The minimum Gasteiger partial charge on any atom is -0.356 e. The molecule has 2 fully saturated rings. The van der Waals surface area contributed by atoms with Gasteiger partial charge in [-0.1, -0.05) is 0 Å². The fraction of sp³-hybridized carbons (Fsp3) is 0.733. The third kappa shape index (κ3) is 3.39. The number of carbonyl (C=O) groups is 1. The van der Waals surface area contributed by atoms with Crippen LogP contribution in [0.25, 0.3) is 0 Å². The van der Waals surface area contributed by atoms with Crippen LogP contribution in [0.15, 0.2) is 18.7 Å². The standard InChI is InChI=1S/C15H24N4O/c20-15-2-1-14(3-6-17-15)19-8-4-13(5-9-19)11-18-10-7-16-12-18/h7,10,12-14H,1-6,8-9,11H2,(H,17,20). The molecule has 0 aromatic carbocycles. The van der Waals surface area contributed by atoms with E-state index in [0.717, 1.165) is 31.8 Å². The van der Waals surface area contributed by atoms with Gasteiger partial charge in [0.15, 0.2) is 0 Å². The molecular weight excluding hydrogens is 252 g/mol. The minimum absolute atomic E-state index is 0.225. The summed E-state index contributed by atoms with van der Waals surface area (Å²) in [4.78, 5) is 18.1. The average Bonchev–Trinajstić information content (AvgIpc) is 2.87. The second-order valence-electron chi connectivity index (χ2n) is 6.07. The van der Waals surface area contributed by atoms with Crippen molar-refractivity contribution < 1.29 is 4.79 Å². The van der Waals surface area contributed by atoms with Gasteiger partial charge in [-0.3, -0.25) is 4.79 Å². The number of hydrogen-bond acceptors (Lipinski definition) is 3. The minimum atomic E-state index is 0.225. The van der Waals surface area contributed by atoms with Gasteiger partial charge in [0, 0.05) is 37.9 Å². The Morgan fingerprint density at radius 3 is 2.85 bits per heavy atom. The molecule has 110 valence electrons. The molecule has 5 heteroatoms. The summed E-state index contributed by atoms with van der Waals surface area (Å²) in [5.41, 5.74) is 0. The van der Waals surface area contributed by atoms with Crippen LogP contribution in [0, 0.1) is 5.92 Å². The molecule has 0 aliphatic carbocycles. The Bertz CT molecular complexity index is 423. The molecule has 2 aliphatic heterocycles. The molecule has 20 heavy (non-hydrogen) atoms. The van der Waals surface area contributed by atoms with E-state index >= 15 is 0 Å². The molecule has 1 atom stereocenters. The number of amides is 1. The maximum atomic E-state index is 11.4. The van der Waals surface area contributed by atoms with E-state index in [1.165, 1.54) is 25.9 Å². The van der Waals surface area contributed by atoms with Gasteiger partial charge in [0.2, 0.25) is 5.91 Å². The zero-order valence-electron chi connectivity index (χ0n) is 12.0. The normalized spacial score (nSPS) is 26.2. The van der Waals surface area contributed by atoms with Crippen molar-refractivity contribution in [2.75, 3.05) is 19.6 Å². The second kappa shape index (κ2) is 6.39. The maximum absolute atomic E-state index is 11.4. The van der Waals surface area contributed by atoms with Crippen LogP contribution in [0.5, 0.6) is 0 Å². The Morgan fingerprint density at radius 2 is 2.10 bits per heavy atom. The number of rotatable bonds is 3. The SMILES string of the molecule is O=C1CCC(N2CCC(Cn3ccnc3)CC2)CCN1. The van der Waals surface area contributed by atoms with Gasteiger partial charge in [0.05, 0.1) is 6.33 Å². The summed E-state index contributed by atoms with van der Waals surface area (Å²) in [5, 5.41) is 2.98. The van der Waals surface area contributed by atoms with Gasteiger partial charge >= 0.3 is 0 Å². The first kappa shape index (κ1) is 13.6. The topological polar surface area (TPSA) is 50.2 Å². The fourth-order valence-corrected chi connectivity index (χ4v) is 3.47. The van der Waals surface area contributed by atoms with E-state index in [9.17, 15) is 4.79 Å². The smallest absolute Gasteiger partial charge is 0.220 e. The molecule has 1 unspecified atom stereocenters. The summed E-state index contributed by atoms with van der Waals surface area (Å²) < 4.78 is 2.19. The number of piperidine rings is 1. The molecule has 3 heterocycles. The molecule has 0 radical (unpaired) electrons. The average molecular weight is 276 g/mol. The molecule has 0 spiro atoms. The molecule has 0 saturated carbocycles. The number of carbonyl (C=O) groups excluding carboxylic acids is 1. The van der Waals surface area contributed by atoms with Crippen molar-refractivity contribution in [3.05, 3.63) is 18.7 Å². The molecule has 1 aromatic rings. The Labute approximate surface area is 120 Å². The van der Waals surface area contributed by atoms with Crippen LogP contribution < -0.4 is 5.32 Å². The lowest BCUT2D eigenvalue weighted by Crippen LogP contribution is -2.42. The Morgan fingerprint density at radius 1 is 1.25 bits per heavy atom. The van der Waals surface area contributed by atoms with Crippen molar-refractivity contribution in [3.8, 4) is 0 Å². The summed E-state index contributed by atoms with van der Waals surface area (Å²) in [5.74, 6) is 0.994. The van der Waals surface area contributed by atoms with E-state index in [1.807, 2.05) is 12.5 Å². The lowest BCUT2D eigenvalue weighted by Gasteiger charge is -2.37. The number of hydrogen-bond donors (Lipinski definition) is 1. The van der Waals surface area contributed by atoms with E-state index in [-0.39, 0.29) is 5.91 Å². The van der Waals surface area contributed by atoms with Crippen molar-refractivity contribution in [1.82, 2.24) is 19.8 Å². The number of imidazole rings is 1. The van der Waals surface area contributed by atoms with Crippen LogP contribution in [0.3, 0.4) is 0 Å². The van der Waals surface area contributed by atoms with Gasteiger partial charge in [-0.15, -0.1) is 0 Å². The quantitative estimate of drug-likeness (QED) is 0.904. The number of aromatic nitrogens is 2. The third-order valence-corrected chi connectivity index (χ3v) is 4.70. The van der Waals surface area contributed by atoms with Crippen LogP contribution in [0.4, 0.5) is 0 Å². The van der Waals surface area contributed by atoms with E-state index in [2.05, 4.69) is 26.0 Å². The van der Waals surface area contributed by atoms with Gasteiger partial charge < -0.3 is 14.8 Å². The van der Waals surface area contributed by atoms with Crippen molar-refractivity contribution >= 4 is 5.91 Å². The van der Waals surface area contributed by atoms with Gasteiger partial charge in [0.1, 0.15) is 0 Å². The van der Waals surface area contributed by atoms with Gasteiger partial charge in [-0.25, -0.2) is 4.98 Å². The molecule has 2 saturated heterocycles. The van der Waals surface area contributed by atoms with Crippen molar-refractivity contribution in [1.29, 1.82) is 0 Å². The summed E-state index contributed by atoms with van der Waals surface area (Å²) in [7, 11) is 0. The van der Waals surface area contributed by atoms with Crippen molar-refractivity contribution in [3.63, 3.8) is 0 Å². The van der Waals surface area contributed by atoms with Crippen LogP contribution in [0.2, 0.25) is 0 Å². The predicted octanol–water partition coefficient (Wildman–Crippen LogP) is 1.26. The first-order valence-electron chi connectivity index (χ1n) is 7.78. The molecule has 0 bridgehead atoms. The van der Waals surface area contributed by atoms with E-state index in [0.29, 0.717) is 12.5 Å². The lowest BCUT2D eigenvalue weighted by atomic mass is 9.94. The second-order valence-corrected chi connectivity index (χ2v) is 6.07. The largest absolute Gasteiger partial charge is 0.356 e. The summed E-state index contributed by atoms with van der Waals surface area (Å²) >= 11 is 0. The molecule has 1 aromatic heterocycles. The molecule has 3 rings (SSSR count). The van der Waals surface area contributed by atoms with Crippen LogP contribution in [0.1, 0.15) is 32.1 Å². The van der Waals surface area contributed by atoms with E-state index in [4.69, 9.17) is 0 Å². The number of nitrogens with one attached hydrogen (secondary N) is 1. The molecule has 1 N–H and O–H groups in total. The van der Waals surface area contributed by atoms with E-state index in [1.54, 1.807) is 0 Å². The zero-order chi connectivity index (χ0) is 13.8. The lowest BCUT2D eigenvalue weighted by molar-refractivity contribution is -0.120. The highest BCUT2D eigenvalue weighted by atomic mass is 16.1. The third-order valence-electron chi connectivity index (χ3n) is 4.70. The Kier molecular flexibility index (Phi) is 4.35. The molecule has 2 aliphatic rings. The van der Waals surface area contributed by atoms with Crippen molar-refractivity contribution in [2.24, 2.45) is 5.92 Å². The van der Waals surface area contributed by atoms with Crippen molar-refractivity contribution in [2.45, 2.75) is 44.7 Å². The number of likely N-dealkylation sites (tertiary alicyclic amines) is 1. The van der Waals surface area contributed by atoms with Crippen LogP contribution in [-0.2, 0) is 11.3 Å². The summed E-state index contributed by atoms with van der Waals surface area (Å²) in [6, 6.07) is 0.600. The molecule has 5 nitrogen and oxygen atoms in total.